The highest BCUT2D eigenvalue weighted by molar-refractivity contribution is 5.94. The molecule has 0 radical (unpaired) electrons. The van der Waals surface area contributed by atoms with E-state index >= 15 is 0 Å². The molecule has 2 aromatic carbocycles. The van der Waals surface area contributed by atoms with E-state index < -0.39 is 0 Å². The first kappa shape index (κ1) is 24.8. The lowest BCUT2D eigenvalue weighted by Gasteiger charge is -2.36. The second-order valence-corrected chi connectivity index (χ2v) is 9.29. The quantitative estimate of drug-likeness (QED) is 0.549. The molecule has 0 aliphatic carbocycles. The van der Waals surface area contributed by atoms with E-state index in [4.69, 9.17) is 9.72 Å². The van der Waals surface area contributed by atoms with Crippen LogP contribution in [0.15, 0.2) is 59.4 Å². The number of para-hydroxylation sites is 1. The van der Waals surface area contributed by atoms with Gasteiger partial charge in [-0.3, -0.25) is 19.5 Å². The van der Waals surface area contributed by atoms with Crippen LogP contribution in [0.25, 0.3) is 0 Å². The summed E-state index contributed by atoms with van der Waals surface area (Å²) in [6.45, 7) is 5.68. The van der Waals surface area contributed by atoms with Crippen LogP contribution in [0.4, 0.5) is 16.0 Å². The fourth-order valence-corrected chi connectivity index (χ4v) is 4.87. The molecule has 0 atom stereocenters. The normalized spacial score (nSPS) is 16.6. The molecule has 2 aliphatic heterocycles. The van der Waals surface area contributed by atoms with Crippen molar-refractivity contribution in [1.82, 2.24) is 19.8 Å². The van der Waals surface area contributed by atoms with Gasteiger partial charge in [-0.05, 0) is 30.3 Å². The Morgan fingerprint density at radius 3 is 2.41 bits per heavy atom. The van der Waals surface area contributed by atoms with E-state index in [1.54, 1.807) is 31.4 Å². The van der Waals surface area contributed by atoms with Crippen molar-refractivity contribution in [3.05, 3.63) is 82.0 Å². The molecule has 2 fully saturated rings. The number of piperazine rings is 2. The molecule has 3 heterocycles. The molecule has 10 heteroatoms. The fraction of sp³-hybridized carbons (Fsp3) is 0.370. The lowest BCUT2D eigenvalue weighted by atomic mass is 10.1. The number of aromatic amines is 1. The number of rotatable bonds is 6. The van der Waals surface area contributed by atoms with Crippen LogP contribution in [0.2, 0.25) is 0 Å². The summed E-state index contributed by atoms with van der Waals surface area (Å²) in [4.78, 5) is 41.0. The summed E-state index contributed by atoms with van der Waals surface area (Å²) in [6.07, 6.45) is 0. The van der Waals surface area contributed by atoms with Crippen molar-refractivity contribution in [3.8, 4) is 5.75 Å². The summed E-state index contributed by atoms with van der Waals surface area (Å²) in [7, 11) is 1.58. The van der Waals surface area contributed by atoms with Crippen LogP contribution in [0.5, 0.6) is 5.75 Å². The molecule has 9 nitrogen and oxygen atoms in total. The Labute approximate surface area is 215 Å². The van der Waals surface area contributed by atoms with Crippen molar-refractivity contribution < 1.29 is 13.9 Å². The predicted octanol–water partition coefficient (Wildman–Crippen LogP) is 2.20. The van der Waals surface area contributed by atoms with Gasteiger partial charge in [-0.15, -0.1) is 0 Å². The first-order valence-corrected chi connectivity index (χ1v) is 12.5. The molecule has 0 spiro atoms. The number of methoxy groups -OCH3 is 1. The van der Waals surface area contributed by atoms with Crippen molar-refractivity contribution >= 4 is 17.5 Å². The molecule has 194 valence electrons. The topological polar surface area (TPSA) is 85.0 Å². The van der Waals surface area contributed by atoms with Gasteiger partial charge < -0.3 is 19.4 Å². The molecule has 1 amide bonds. The number of hydrogen-bond acceptors (Lipinski definition) is 7. The van der Waals surface area contributed by atoms with Crippen molar-refractivity contribution in [1.29, 1.82) is 0 Å². The molecule has 2 aliphatic rings. The van der Waals surface area contributed by atoms with Crippen LogP contribution in [-0.4, -0.2) is 85.1 Å². The molecule has 1 aromatic heterocycles. The maximum atomic E-state index is 14.1. The second-order valence-electron chi connectivity index (χ2n) is 9.29. The minimum Gasteiger partial charge on any atom is -0.497 e. The summed E-state index contributed by atoms with van der Waals surface area (Å²) in [5.74, 6) is 0.933. The summed E-state index contributed by atoms with van der Waals surface area (Å²) in [5, 5.41) is 0. The number of amides is 1. The predicted molar refractivity (Wildman–Crippen MR) is 140 cm³/mol. The van der Waals surface area contributed by atoms with Gasteiger partial charge in [-0.1, -0.05) is 18.2 Å². The largest absolute Gasteiger partial charge is 0.497 e. The van der Waals surface area contributed by atoms with Gasteiger partial charge in [0, 0.05) is 70.5 Å². The van der Waals surface area contributed by atoms with E-state index in [0.29, 0.717) is 74.5 Å². The maximum Gasteiger partial charge on any atom is 0.254 e. The minimum atomic E-state index is -0.206. The van der Waals surface area contributed by atoms with Crippen molar-refractivity contribution in [3.63, 3.8) is 0 Å². The molecule has 1 N–H and O–H groups in total. The fourth-order valence-electron chi connectivity index (χ4n) is 4.87. The summed E-state index contributed by atoms with van der Waals surface area (Å²) in [5.41, 5.74) is 1.73. The third-order valence-corrected chi connectivity index (χ3v) is 6.92. The van der Waals surface area contributed by atoms with Gasteiger partial charge in [-0.25, -0.2) is 9.37 Å². The first-order valence-electron chi connectivity index (χ1n) is 12.5. The van der Waals surface area contributed by atoms with E-state index in [-0.39, 0.29) is 17.3 Å². The zero-order valence-electron chi connectivity index (χ0n) is 20.9. The number of hydrogen-bond donors (Lipinski definition) is 1. The highest BCUT2D eigenvalue weighted by Crippen LogP contribution is 2.21. The van der Waals surface area contributed by atoms with Gasteiger partial charge in [0.25, 0.3) is 11.5 Å². The molecule has 0 saturated carbocycles. The van der Waals surface area contributed by atoms with Crippen LogP contribution >= 0.6 is 0 Å². The standard InChI is InChI=1S/C27H31FN6O3/c1-37-22-6-4-5-20(17-22)26(36)33-13-15-34(16-14-33)27-29-21(18-25(35)30-27)19-31-9-11-32(12-10-31)24-8-3-2-7-23(24)28/h2-8,17-18H,9-16,19H2,1H3,(H,29,30,35). The Morgan fingerprint density at radius 2 is 1.68 bits per heavy atom. The van der Waals surface area contributed by atoms with E-state index in [0.717, 1.165) is 13.1 Å². The number of aromatic nitrogens is 2. The Morgan fingerprint density at radius 1 is 0.946 bits per heavy atom. The third kappa shape index (κ3) is 5.75. The van der Waals surface area contributed by atoms with Crippen LogP contribution < -0.4 is 20.1 Å². The lowest BCUT2D eigenvalue weighted by molar-refractivity contribution is 0.0746. The highest BCUT2D eigenvalue weighted by Gasteiger charge is 2.25. The van der Waals surface area contributed by atoms with Gasteiger partial charge in [0.15, 0.2) is 0 Å². The van der Waals surface area contributed by atoms with E-state index in [1.807, 2.05) is 28.0 Å². The number of ether oxygens (including phenoxy) is 1. The molecule has 37 heavy (non-hydrogen) atoms. The molecule has 3 aromatic rings. The van der Waals surface area contributed by atoms with Crippen molar-refractivity contribution in [2.45, 2.75) is 6.54 Å². The van der Waals surface area contributed by atoms with Gasteiger partial charge >= 0.3 is 0 Å². The average molecular weight is 507 g/mol. The number of H-pyrrole nitrogens is 1. The SMILES string of the molecule is COc1cccc(C(=O)N2CCN(c3nc(CN4CCN(c5ccccc5F)CC4)cc(=O)[nH]3)CC2)c1. The number of carbonyl (C=O) groups is 1. The van der Waals surface area contributed by atoms with Crippen LogP contribution in [-0.2, 0) is 6.54 Å². The molecule has 5 rings (SSSR count). The molecule has 2 saturated heterocycles. The third-order valence-electron chi connectivity index (χ3n) is 6.92. The summed E-state index contributed by atoms with van der Waals surface area (Å²) >= 11 is 0. The molecular formula is C27H31FN6O3. The van der Waals surface area contributed by atoms with Crippen LogP contribution in [0.1, 0.15) is 16.1 Å². The zero-order chi connectivity index (χ0) is 25.8. The second kappa shape index (κ2) is 11.0. The average Bonchev–Trinajstić information content (AvgIpc) is 2.93. The first-order chi connectivity index (χ1) is 18.0. The van der Waals surface area contributed by atoms with Gasteiger partial charge in [-0.2, -0.15) is 0 Å². The number of benzene rings is 2. The van der Waals surface area contributed by atoms with Crippen molar-refractivity contribution in [2.24, 2.45) is 0 Å². The van der Waals surface area contributed by atoms with Crippen LogP contribution in [0, 0.1) is 5.82 Å². The molecule has 0 bridgehead atoms. The van der Waals surface area contributed by atoms with E-state index in [9.17, 15) is 14.0 Å². The lowest BCUT2D eigenvalue weighted by Crippen LogP contribution is -2.49. The summed E-state index contributed by atoms with van der Waals surface area (Å²) < 4.78 is 19.4. The number of halogens is 1. The maximum absolute atomic E-state index is 14.1. The van der Waals surface area contributed by atoms with E-state index in [2.05, 4.69) is 14.8 Å². The number of carbonyl (C=O) groups excluding carboxylic acids is 1. The van der Waals surface area contributed by atoms with Gasteiger partial charge in [0.2, 0.25) is 5.95 Å². The Bertz CT molecular complexity index is 1300. The van der Waals surface area contributed by atoms with Crippen LogP contribution in [0.3, 0.4) is 0 Å². The Balaban J connectivity index is 1.18. The Kier molecular flexibility index (Phi) is 7.36. The summed E-state index contributed by atoms with van der Waals surface area (Å²) in [6, 6.07) is 15.5. The number of nitrogens with zero attached hydrogens (tertiary/aromatic N) is 5. The minimum absolute atomic E-state index is 0.0386. The highest BCUT2D eigenvalue weighted by atomic mass is 19.1. The zero-order valence-corrected chi connectivity index (χ0v) is 20.9. The monoisotopic (exact) mass is 506 g/mol. The molecular weight excluding hydrogens is 475 g/mol. The number of anilines is 2. The molecule has 0 unspecified atom stereocenters. The Hall–Kier alpha value is -3.92. The van der Waals surface area contributed by atoms with E-state index in [1.165, 1.54) is 12.1 Å². The smallest absolute Gasteiger partial charge is 0.254 e. The number of nitrogens with one attached hydrogen (secondary N) is 1. The van der Waals surface area contributed by atoms with Gasteiger partial charge in [0.1, 0.15) is 11.6 Å². The van der Waals surface area contributed by atoms with Gasteiger partial charge in [0.05, 0.1) is 18.5 Å². The van der Waals surface area contributed by atoms with Crippen molar-refractivity contribution in [2.75, 3.05) is 69.3 Å².